The van der Waals surface area contributed by atoms with Crippen molar-refractivity contribution in [3.05, 3.63) is 10.4 Å². The summed E-state index contributed by atoms with van der Waals surface area (Å²) >= 11 is 1.91. The van der Waals surface area contributed by atoms with Crippen LogP contribution in [0.3, 0.4) is 0 Å². The number of carbonyl (C=O) groups excluding carboxylic acids is 2. The maximum Gasteiger partial charge on any atom is 0.315 e. The molecule has 2 fully saturated rings. The first-order valence-corrected chi connectivity index (χ1v) is 9.72. The van der Waals surface area contributed by atoms with Gasteiger partial charge in [-0.05, 0) is 31.2 Å². The Hall–Kier alpha value is -1.60. The molecule has 2 heterocycles. The topological polar surface area (TPSA) is 119 Å². The van der Waals surface area contributed by atoms with Gasteiger partial charge in [0.2, 0.25) is 5.91 Å². The van der Waals surface area contributed by atoms with E-state index in [1.807, 2.05) is 11.8 Å². The summed E-state index contributed by atoms with van der Waals surface area (Å²) in [5.41, 5.74) is 8.15. The van der Waals surface area contributed by atoms with Crippen LogP contribution in [0.1, 0.15) is 44.9 Å². The lowest BCUT2D eigenvalue weighted by Crippen LogP contribution is -2.36. The van der Waals surface area contributed by atoms with Crippen molar-refractivity contribution < 1.29 is 9.59 Å². The second kappa shape index (κ2) is 10.3. The van der Waals surface area contributed by atoms with Crippen LogP contribution in [0.25, 0.3) is 10.4 Å². The standard InChI is InChI=1S/C15H26N6O2S/c16-21-18-9-5-1-4-8-17-13(22)7-3-2-6-12-14-11(10-24-12)19-15(23)20-14/h11-12,14H,1-10H2,(H,17,22)(H2,19,20,23)/t11-,12+,14+/m1/s1. The summed E-state index contributed by atoms with van der Waals surface area (Å²) < 4.78 is 0. The van der Waals surface area contributed by atoms with Gasteiger partial charge in [-0.1, -0.05) is 18.0 Å². The van der Waals surface area contributed by atoms with Gasteiger partial charge in [0.05, 0.1) is 12.1 Å². The Morgan fingerprint density at radius 2 is 2.17 bits per heavy atom. The number of azide groups is 1. The average molecular weight is 354 g/mol. The van der Waals surface area contributed by atoms with Crippen molar-refractivity contribution >= 4 is 23.7 Å². The third-order valence-electron chi connectivity index (χ3n) is 4.40. The Kier molecular flexibility index (Phi) is 8.04. The van der Waals surface area contributed by atoms with E-state index in [9.17, 15) is 9.59 Å². The second-order valence-electron chi connectivity index (χ2n) is 6.23. The molecule has 24 heavy (non-hydrogen) atoms. The first-order chi connectivity index (χ1) is 11.7. The van der Waals surface area contributed by atoms with E-state index in [0.717, 1.165) is 44.3 Å². The number of thioether (sulfide) groups is 1. The molecular weight excluding hydrogens is 328 g/mol. The minimum absolute atomic E-state index is 0.0471. The summed E-state index contributed by atoms with van der Waals surface area (Å²) in [6, 6.07) is 0.477. The fraction of sp³-hybridized carbons (Fsp3) is 0.867. The van der Waals surface area contributed by atoms with Crippen LogP contribution in [-0.2, 0) is 4.79 Å². The highest BCUT2D eigenvalue weighted by Gasteiger charge is 2.42. The normalized spacial score (nSPS) is 24.7. The molecule has 0 aliphatic carbocycles. The van der Waals surface area contributed by atoms with Gasteiger partial charge in [0.1, 0.15) is 0 Å². The number of amides is 3. The van der Waals surface area contributed by atoms with E-state index >= 15 is 0 Å². The molecule has 0 spiro atoms. The van der Waals surface area contributed by atoms with Crippen molar-refractivity contribution in [1.82, 2.24) is 16.0 Å². The second-order valence-corrected chi connectivity index (χ2v) is 7.50. The zero-order valence-corrected chi connectivity index (χ0v) is 14.7. The lowest BCUT2D eigenvalue weighted by molar-refractivity contribution is -0.121. The molecule has 0 unspecified atom stereocenters. The predicted molar refractivity (Wildman–Crippen MR) is 94.8 cm³/mol. The SMILES string of the molecule is [N-]=[N+]=NCCCCCNC(=O)CCCC[C@@H]1SC[C@H]2NC(=O)N[C@H]12. The van der Waals surface area contributed by atoms with Crippen LogP contribution >= 0.6 is 11.8 Å². The summed E-state index contributed by atoms with van der Waals surface area (Å²) in [5, 5.41) is 12.8. The van der Waals surface area contributed by atoms with Crippen LogP contribution in [0.5, 0.6) is 0 Å². The van der Waals surface area contributed by atoms with Crippen molar-refractivity contribution in [2.75, 3.05) is 18.8 Å². The average Bonchev–Trinajstić information content (AvgIpc) is 3.10. The zero-order chi connectivity index (χ0) is 17.2. The van der Waals surface area contributed by atoms with Gasteiger partial charge in [-0.15, -0.1) is 0 Å². The number of urea groups is 1. The molecule has 2 saturated heterocycles. The van der Waals surface area contributed by atoms with Crippen LogP contribution in [0.4, 0.5) is 4.79 Å². The number of hydrogen-bond acceptors (Lipinski definition) is 4. The summed E-state index contributed by atoms with van der Waals surface area (Å²) in [4.78, 5) is 25.8. The molecule has 0 saturated carbocycles. The third kappa shape index (κ3) is 6.13. The minimum Gasteiger partial charge on any atom is -0.356 e. The van der Waals surface area contributed by atoms with Crippen molar-refractivity contribution in [2.24, 2.45) is 5.11 Å². The number of unbranched alkanes of at least 4 members (excludes halogenated alkanes) is 3. The van der Waals surface area contributed by atoms with E-state index in [2.05, 4.69) is 26.0 Å². The molecule has 3 atom stereocenters. The van der Waals surface area contributed by atoms with E-state index < -0.39 is 0 Å². The molecule has 2 rings (SSSR count). The van der Waals surface area contributed by atoms with Crippen LogP contribution < -0.4 is 16.0 Å². The quantitative estimate of drug-likeness (QED) is 0.174. The first kappa shape index (κ1) is 18.7. The largest absolute Gasteiger partial charge is 0.356 e. The molecule has 3 amide bonds. The molecule has 2 aliphatic rings. The number of rotatable bonds is 11. The van der Waals surface area contributed by atoms with Gasteiger partial charge in [-0.25, -0.2) is 4.79 Å². The van der Waals surface area contributed by atoms with Crippen molar-refractivity contribution in [1.29, 1.82) is 0 Å². The molecule has 0 bridgehead atoms. The molecule has 0 aromatic carbocycles. The maximum absolute atomic E-state index is 11.7. The van der Waals surface area contributed by atoms with Gasteiger partial charge in [0, 0.05) is 35.4 Å². The summed E-state index contributed by atoms with van der Waals surface area (Å²) in [7, 11) is 0. The number of hydrogen-bond donors (Lipinski definition) is 3. The van der Waals surface area contributed by atoms with Gasteiger partial charge in [-0.3, -0.25) is 4.79 Å². The molecule has 2 aliphatic heterocycles. The highest BCUT2D eigenvalue weighted by molar-refractivity contribution is 8.00. The minimum atomic E-state index is -0.0471. The number of fused-ring (bicyclic) bond motifs is 1. The smallest absolute Gasteiger partial charge is 0.315 e. The van der Waals surface area contributed by atoms with Crippen LogP contribution in [0.2, 0.25) is 0 Å². The van der Waals surface area contributed by atoms with Gasteiger partial charge >= 0.3 is 6.03 Å². The Labute approximate surface area is 146 Å². The molecule has 0 radical (unpaired) electrons. The highest BCUT2D eigenvalue weighted by atomic mass is 32.2. The summed E-state index contributed by atoms with van der Waals surface area (Å²) in [5.74, 6) is 1.09. The Morgan fingerprint density at radius 3 is 3.00 bits per heavy atom. The Balaban J connectivity index is 1.45. The Morgan fingerprint density at radius 1 is 1.29 bits per heavy atom. The van der Waals surface area contributed by atoms with Gasteiger partial charge < -0.3 is 16.0 Å². The fourth-order valence-electron chi connectivity index (χ4n) is 3.12. The molecule has 9 heteroatoms. The van der Waals surface area contributed by atoms with Crippen LogP contribution in [0, 0.1) is 0 Å². The molecule has 134 valence electrons. The Bertz CT molecular complexity index is 483. The molecule has 0 aromatic rings. The van der Waals surface area contributed by atoms with Crippen LogP contribution in [0.15, 0.2) is 5.11 Å². The van der Waals surface area contributed by atoms with E-state index in [1.165, 1.54) is 0 Å². The number of carbonyl (C=O) groups is 2. The van der Waals surface area contributed by atoms with Gasteiger partial charge in [0.15, 0.2) is 0 Å². The van der Waals surface area contributed by atoms with Crippen molar-refractivity contribution in [3.63, 3.8) is 0 Å². The van der Waals surface area contributed by atoms with Gasteiger partial charge in [0.25, 0.3) is 0 Å². The van der Waals surface area contributed by atoms with E-state index in [1.54, 1.807) is 0 Å². The van der Waals surface area contributed by atoms with Crippen LogP contribution in [-0.4, -0.2) is 48.1 Å². The maximum atomic E-state index is 11.7. The summed E-state index contributed by atoms with van der Waals surface area (Å²) in [6.07, 6.45) is 6.25. The molecule has 0 aromatic heterocycles. The fourth-order valence-corrected chi connectivity index (χ4v) is 4.66. The van der Waals surface area contributed by atoms with E-state index in [-0.39, 0.29) is 24.0 Å². The highest BCUT2D eigenvalue weighted by Crippen LogP contribution is 2.33. The lowest BCUT2D eigenvalue weighted by Gasteiger charge is -2.16. The molecular formula is C15H26N6O2S. The van der Waals surface area contributed by atoms with Crippen molar-refractivity contribution in [2.45, 2.75) is 62.3 Å². The zero-order valence-electron chi connectivity index (χ0n) is 13.9. The third-order valence-corrected chi connectivity index (χ3v) is 5.91. The lowest BCUT2D eigenvalue weighted by atomic mass is 10.0. The van der Waals surface area contributed by atoms with E-state index in [4.69, 9.17) is 5.53 Å². The number of nitrogens with one attached hydrogen (secondary N) is 3. The molecule has 8 nitrogen and oxygen atoms in total. The summed E-state index contributed by atoms with van der Waals surface area (Å²) in [6.45, 7) is 1.22. The van der Waals surface area contributed by atoms with Gasteiger partial charge in [-0.2, -0.15) is 11.8 Å². The monoisotopic (exact) mass is 354 g/mol. The number of nitrogens with zero attached hydrogens (tertiary/aromatic N) is 3. The van der Waals surface area contributed by atoms with E-state index in [0.29, 0.717) is 24.8 Å². The first-order valence-electron chi connectivity index (χ1n) is 8.67. The van der Waals surface area contributed by atoms with Crippen molar-refractivity contribution in [3.8, 4) is 0 Å². The molecule has 3 N–H and O–H groups in total. The predicted octanol–water partition coefficient (Wildman–Crippen LogP) is 2.31.